The zero-order valence-electron chi connectivity index (χ0n) is 9.59. The number of aromatic nitrogens is 1. The second kappa shape index (κ2) is 5.64. The minimum Gasteiger partial charge on any atom is -0.294 e. The lowest BCUT2D eigenvalue weighted by Crippen LogP contribution is -2.04. The predicted molar refractivity (Wildman–Crippen MR) is 70.5 cm³/mol. The fourth-order valence-electron chi connectivity index (χ4n) is 1.66. The Kier molecular flexibility index (Phi) is 3.94. The van der Waals surface area contributed by atoms with Crippen molar-refractivity contribution < 1.29 is 4.79 Å². The summed E-state index contributed by atoms with van der Waals surface area (Å²) in [5.41, 5.74) is 1.80. The molecule has 1 aromatic carbocycles. The van der Waals surface area contributed by atoms with Crippen molar-refractivity contribution in [3.8, 4) is 0 Å². The zero-order chi connectivity index (χ0) is 12.1. The standard InChI is InChI=1S/C14H13NOS/c1-17-14-5-3-2-4-12(14)13(16)10-11-6-8-15-9-7-11/h2-9H,10H2,1H3. The van der Waals surface area contributed by atoms with E-state index in [1.54, 1.807) is 24.2 Å². The number of benzene rings is 1. The summed E-state index contributed by atoms with van der Waals surface area (Å²) >= 11 is 1.60. The van der Waals surface area contributed by atoms with Crippen molar-refractivity contribution in [2.45, 2.75) is 11.3 Å². The van der Waals surface area contributed by atoms with Gasteiger partial charge in [-0.3, -0.25) is 9.78 Å². The third-order valence-electron chi connectivity index (χ3n) is 2.52. The number of ketones is 1. The van der Waals surface area contributed by atoms with Crippen LogP contribution in [0.2, 0.25) is 0 Å². The molecular formula is C14H13NOS. The van der Waals surface area contributed by atoms with E-state index in [2.05, 4.69) is 4.98 Å². The summed E-state index contributed by atoms with van der Waals surface area (Å²) in [6.07, 6.45) is 5.84. The molecule has 3 heteroatoms. The van der Waals surface area contributed by atoms with Gasteiger partial charge in [-0.2, -0.15) is 0 Å². The first kappa shape index (κ1) is 11.9. The first-order valence-corrected chi connectivity index (χ1v) is 6.59. The third-order valence-corrected chi connectivity index (χ3v) is 3.32. The van der Waals surface area contributed by atoms with Crippen LogP contribution in [0.25, 0.3) is 0 Å². The van der Waals surface area contributed by atoms with Gasteiger partial charge in [0.15, 0.2) is 5.78 Å². The van der Waals surface area contributed by atoms with Gasteiger partial charge in [0.05, 0.1) is 0 Å². The minimum absolute atomic E-state index is 0.154. The number of nitrogens with zero attached hydrogens (tertiary/aromatic N) is 1. The zero-order valence-corrected chi connectivity index (χ0v) is 10.4. The summed E-state index contributed by atoms with van der Waals surface area (Å²) in [6.45, 7) is 0. The molecular weight excluding hydrogens is 230 g/mol. The molecule has 0 saturated heterocycles. The highest BCUT2D eigenvalue weighted by molar-refractivity contribution is 7.98. The van der Waals surface area contributed by atoms with Gasteiger partial charge in [0.1, 0.15) is 0 Å². The summed E-state index contributed by atoms with van der Waals surface area (Å²) in [7, 11) is 0. The molecule has 0 N–H and O–H groups in total. The first-order valence-electron chi connectivity index (χ1n) is 5.36. The molecule has 2 nitrogen and oxygen atoms in total. The van der Waals surface area contributed by atoms with Crippen molar-refractivity contribution in [1.29, 1.82) is 0 Å². The van der Waals surface area contributed by atoms with Gasteiger partial charge >= 0.3 is 0 Å². The van der Waals surface area contributed by atoms with E-state index in [9.17, 15) is 4.79 Å². The molecule has 1 aromatic heterocycles. The molecule has 1 heterocycles. The quantitative estimate of drug-likeness (QED) is 0.610. The topological polar surface area (TPSA) is 30.0 Å². The normalized spacial score (nSPS) is 10.2. The van der Waals surface area contributed by atoms with Gasteiger partial charge in [-0.05, 0) is 30.0 Å². The molecule has 0 fully saturated rings. The molecule has 0 aliphatic carbocycles. The van der Waals surface area contributed by atoms with E-state index in [4.69, 9.17) is 0 Å². The third kappa shape index (κ3) is 2.94. The molecule has 2 rings (SSSR count). The number of pyridine rings is 1. The molecule has 0 spiro atoms. The number of hydrogen-bond donors (Lipinski definition) is 0. The number of Topliss-reactive ketones (excluding diaryl/α,β-unsaturated/α-hetero) is 1. The number of carbonyl (C=O) groups excluding carboxylic acids is 1. The molecule has 0 aliphatic rings. The Morgan fingerprint density at radius 1 is 1.18 bits per heavy atom. The molecule has 0 bridgehead atoms. The minimum atomic E-state index is 0.154. The highest BCUT2D eigenvalue weighted by atomic mass is 32.2. The van der Waals surface area contributed by atoms with E-state index >= 15 is 0 Å². The fraction of sp³-hybridized carbons (Fsp3) is 0.143. The van der Waals surface area contributed by atoms with E-state index in [0.29, 0.717) is 6.42 Å². The van der Waals surface area contributed by atoms with Crippen molar-refractivity contribution >= 4 is 17.5 Å². The van der Waals surface area contributed by atoms with Crippen LogP contribution in [0.5, 0.6) is 0 Å². The van der Waals surface area contributed by atoms with Crippen LogP contribution in [0, 0.1) is 0 Å². The molecule has 86 valence electrons. The van der Waals surface area contributed by atoms with Crippen molar-refractivity contribution in [2.24, 2.45) is 0 Å². The van der Waals surface area contributed by atoms with E-state index in [-0.39, 0.29) is 5.78 Å². The Bertz CT molecular complexity index is 511. The van der Waals surface area contributed by atoms with Crippen LogP contribution < -0.4 is 0 Å². The summed E-state index contributed by atoms with van der Waals surface area (Å²) in [4.78, 5) is 17.1. The lowest BCUT2D eigenvalue weighted by Gasteiger charge is -2.05. The number of thioether (sulfide) groups is 1. The Morgan fingerprint density at radius 3 is 2.59 bits per heavy atom. The largest absolute Gasteiger partial charge is 0.294 e. The summed E-state index contributed by atoms with van der Waals surface area (Å²) < 4.78 is 0. The lowest BCUT2D eigenvalue weighted by atomic mass is 10.0. The first-order chi connectivity index (χ1) is 8.31. The average molecular weight is 243 g/mol. The Hall–Kier alpha value is -1.61. The molecule has 0 aliphatic heterocycles. The molecule has 0 saturated carbocycles. The SMILES string of the molecule is CSc1ccccc1C(=O)Cc1ccncc1. The van der Waals surface area contributed by atoms with Gasteiger partial charge in [0.25, 0.3) is 0 Å². The number of rotatable bonds is 4. The van der Waals surface area contributed by atoms with Gasteiger partial charge < -0.3 is 0 Å². The van der Waals surface area contributed by atoms with Gasteiger partial charge in [-0.25, -0.2) is 0 Å². The fourth-order valence-corrected chi connectivity index (χ4v) is 2.27. The van der Waals surface area contributed by atoms with Crippen LogP contribution in [-0.2, 0) is 6.42 Å². The molecule has 0 amide bonds. The highest BCUT2D eigenvalue weighted by Gasteiger charge is 2.10. The van der Waals surface area contributed by atoms with Gasteiger partial charge in [0, 0.05) is 29.3 Å². The molecule has 17 heavy (non-hydrogen) atoms. The summed E-state index contributed by atoms with van der Waals surface area (Å²) in [5, 5.41) is 0. The maximum Gasteiger partial charge on any atom is 0.168 e. The number of hydrogen-bond acceptors (Lipinski definition) is 3. The smallest absolute Gasteiger partial charge is 0.168 e. The van der Waals surface area contributed by atoms with Crippen LogP contribution in [-0.4, -0.2) is 17.0 Å². The predicted octanol–water partition coefficient (Wildman–Crippen LogP) is 3.23. The average Bonchev–Trinajstić information content (AvgIpc) is 2.40. The monoisotopic (exact) mass is 243 g/mol. The van der Waals surface area contributed by atoms with Crippen LogP contribution in [0.4, 0.5) is 0 Å². The van der Waals surface area contributed by atoms with Crippen LogP contribution in [0.1, 0.15) is 15.9 Å². The summed E-state index contributed by atoms with van der Waals surface area (Å²) in [6, 6.07) is 11.5. The van der Waals surface area contributed by atoms with E-state index in [1.807, 2.05) is 42.7 Å². The van der Waals surface area contributed by atoms with Crippen molar-refractivity contribution in [3.63, 3.8) is 0 Å². The molecule has 0 unspecified atom stereocenters. The van der Waals surface area contributed by atoms with E-state index in [0.717, 1.165) is 16.0 Å². The Morgan fingerprint density at radius 2 is 1.88 bits per heavy atom. The lowest BCUT2D eigenvalue weighted by molar-refractivity contribution is 0.0990. The summed E-state index contributed by atoms with van der Waals surface area (Å²) in [5.74, 6) is 0.154. The van der Waals surface area contributed by atoms with Gasteiger partial charge in [0.2, 0.25) is 0 Å². The molecule has 2 aromatic rings. The van der Waals surface area contributed by atoms with Crippen LogP contribution in [0.3, 0.4) is 0 Å². The van der Waals surface area contributed by atoms with Crippen molar-refractivity contribution in [3.05, 3.63) is 59.9 Å². The second-order valence-corrected chi connectivity index (χ2v) is 4.50. The molecule has 0 radical (unpaired) electrons. The maximum atomic E-state index is 12.2. The number of carbonyl (C=O) groups is 1. The highest BCUT2D eigenvalue weighted by Crippen LogP contribution is 2.21. The second-order valence-electron chi connectivity index (χ2n) is 3.66. The Labute approximate surface area is 105 Å². The van der Waals surface area contributed by atoms with Crippen LogP contribution >= 0.6 is 11.8 Å². The van der Waals surface area contributed by atoms with Crippen LogP contribution in [0.15, 0.2) is 53.7 Å². The van der Waals surface area contributed by atoms with Gasteiger partial charge in [-0.15, -0.1) is 11.8 Å². The maximum absolute atomic E-state index is 12.2. The van der Waals surface area contributed by atoms with E-state index < -0.39 is 0 Å². The Balaban J connectivity index is 2.20. The molecule has 0 atom stereocenters. The van der Waals surface area contributed by atoms with E-state index in [1.165, 1.54) is 0 Å². The van der Waals surface area contributed by atoms with Gasteiger partial charge in [-0.1, -0.05) is 18.2 Å². The van der Waals surface area contributed by atoms with Crippen molar-refractivity contribution in [1.82, 2.24) is 4.98 Å². The van der Waals surface area contributed by atoms with Crippen molar-refractivity contribution in [2.75, 3.05) is 6.26 Å².